The van der Waals surface area contributed by atoms with Gasteiger partial charge in [0.25, 0.3) is 0 Å². The highest BCUT2D eigenvalue weighted by Gasteiger charge is 2.02. The molecule has 0 radical (unpaired) electrons. The maximum atomic E-state index is 5.66. The van der Waals surface area contributed by atoms with Crippen LogP contribution in [-0.4, -0.2) is 30.6 Å². The maximum Gasteiger partial charge on any atom is 0.191 e. The third-order valence-electron chi connectivity index (χ3n) is 3.60. The van der Waals surface area contributed by atoms with Gasteiger partial charge in [0.1, 0.15) is 0 Å². The van der Waals surface area contributed by atoms with Gasteiger partial charge in [0.05, 0.1) is 23.4 Å². The predicted octanol–water partition coefficient (Wildman–Crippen LogP) is 3.90. The Bertz CT molecular complexity index is 688. The summed E-state index contributed by atoms with van der Waals surface area (Å²) in [6, 6.07) is 8.43. The summed E-state index contributed by atoms with van der Waals surface area (Å²) in [4.78, 5) is 8.75. The van der Waals surface area contributed by atoms with Crippen molar-refractivity contribution in [3.63, 3.8) is 0 Å². The van der Waals surface area contributed by atoms with E-state index in [-0.39, 0.29) is 30.1 Å². The molecule has 0 saturated heterocycles. The van der Waals surface area contributed by atoms with Crippen molar-refractivity contribution in [2.75, 3.05) is 13.6 Å². The summed E-state index contributed by atoms with van der Waals surface area (Å²) in [5.41, 5.74) is 3.53. The van der Waals surface area contributed by atoms with E-state index < -0.39 is 0 Å². The van der Waals surface area contributed by atoms with Crippen molar-refractivity contribution in [2.45, 2.75) is 46.4 Å². The number of hydrogen-bond donors (Lipinski definition) is 2. The third kappa shape index (κ3) is 8.46. The van der Waals surface area contributed by atoms with E-state index in [1.54, 1.807) is 18.4 Å². The molecule has 0 atom stereocenters. The number of ether oxygens (including phenoxy) is 1. The van der Waals surface area contributed by atoms with E-state index in [9.17, 15) is 0 Å². The maximum absolute atomic E-state index is 5.66. The number of thiazole rings is 1. The molecule has 0 bridgehead atoms. The van der Waals surface area contributed by atoms with Crippen molar-refractivity contribution in [3.8, 4) is 0 Å². The third-order valence-corrected chi connectivity index (χ3v) is 4.42. The molecular formula is C19H29IN4OS. The summed E-state index contributed by atoms with van der Waals surface area (Å²) in [6.07, 6.45) is 1.14. The normalized spacial score (nSPS) is 11.3. The Kier molecular flexibility index (Phi) is 10.8. The molecule has 2 N–H and O–H groups in total. The molecule has 26 heavy (non-hydrogen) atoms. The van der Waals surface area contributed by atoms with E-state index in [2.05, 4.69) is 50.3 Å². The standard InChI is InChI=1S/C19H28N4OS.HI/c1-14(2)24-12-17-7-5-6-16(10-17)11-22-19(20-4)21-9-8-18-13-25-15(3)23-18;/h5-7,10,13-14H,8-9,11-12H2,1-4H3,(H2,20,21,22);1H. The Morgan fingerprint density at radius 3 is 2.69 bits per heavy atom. The molecule has 0 saturated carbocycles. The second kappa shape index (κ2) is 12.2. The van der Waals surface area contributed by atoms with Crippen LogP contribution in [0.4, 0.5) is 0 Å². The van der Waals surface area contributed by atoms with Crippen molar-refractivity contribution < 1.29 is 4.74 Å². The Balaban J connectivity index is 0.00000338. The van der Waals surface area contributed by atoms with Gasteiger partial charge in [-0.3, -0.25) is 4.99 Å². The fourth-order valence-corrected chi connectivity index (χ4v) is 2.98. The van der Waals surface area contributed by atoms with Crippen LogP contribution in [0, 0.1) is 6.92 Å². The average molecular weight is 488 g/mol. The summed E-state index contributed by atoms with van der Waals surface area (Å²) in [7, 11) is 1.79. The average Bonchev–Trinajstić information content (AvgIpc) is 3.01. The van der Waals surface area contributed by atoms with Gasteiger partial charge in [0, 0.05) is 31.9 Å². The Morgan fingerprint density at radius 2 is 2.04 bits per heavy atom. The highest BCUT2D eigenvalue weighted by atomic mass is 127. The van der Waals surface area contributed by atoms with E-state index in [1.807, 2.05) is 20.8 Å². The topological polar surface area (TPSA) is 58.5 Å². The van der Waals surface area contributed by atoms with Crippen LogP contribution in [0.5, 0.6) is 0 Å². The molecular weight excluding hydrogens is 459 g/mol. The van der Waals surface area contributed by atoms with Gasteiger partial charge in [-0.2, -0.15) is 0 Å². The quantitative estimate of drug-likeness (QED) is 0.336. The largest absolute Gasteiger partial charge is 0.374 e. The first-order chi connectivity index (χ1) is 12.1. The number of guanidine groups is 1. The van der Waals surface area contributed by atoms with Crippen molar-refractivity contribution >= 4 is 41.3 Å². The molecule has 2 aromatic rings. The number of nitrogens with zero attached hydrogens (tertiary/aromatic N) is 2. The Labute approximate surface area is 177 Å². The van der Waals surface area contributed by atoms with E-state index in [0.717, 1.165) is 36.2 Å². The van der Waals surface area contributed by atoms with Gasteiger partial charge in [-0.1, -0.05) is 24.3 Å². The molecule has 0 aliphatic heterocycles. The minimum absolute atomic E-state index is 0. The SMILES string of the molecule is CN=C(NCCc1csc(C)n1)NCc1cccc(COC(C)C)c1.I. The minimum Gasteiger partial charge on any atom is -0.374 e. The highest BCUT2D eigenvalue weighted by Crippen LogP contribution is 2.09. The lowest BCUT2D eigenvalue weighted by Crippen LogP contribution is -2.37. The fraction of sp³-hybridized carbons (Fsp3) is 0.474. The second-order valence-corrected chi connectivity index (χ2v) is 7.20. The van der Waals surface area contributed by atoms with Crippen LogP contribution in [0.2, 0.25) is 0 Å². The van der Waals surface area contributed by atoms with Gasteiger partial charge in [-0.15, -0.1) is 35.3 Å². The second-order valence-electron chi connectivity index (χ2n) is 6.14. The number of hydrogen-bond acceptors (Lipinski definition) is 4. The van der Waals surface area contributed by atoms with Gasteiger partial charge in [0.15, 0.2) is 5.96 Å². The molecule has 2 rings (SSSR count). The first-order valence-electron chi connectivity index (χ1n) is 8.61. The monoisotopic (exact) mass is 488 g/mol. The Morgan fingerprint density at radius 1 is 1.27 bits per heavy atom. The fourth-order valence-electron chi connectivity index (χ4n) is 2.33. The van der Waals surface area contributed by atoms with Crippen LogP contribution < -0.4 is 10.6 Å². The lowest BCUT2D eigenvalue weighted by atomic mass is 10.1. The summed E-state index contributed by atoms with van der Waals surface area (Å²) in [5.74, 6) is 0.802. The van der Waals surface area contributed by atoms with Gasteiger partial charge in [-0.25, -0.2) is 4.98 Å². The zero-order valence-corrected chi connectivity index (χ0v) is 19.1. The molecule has 1 aromatic carbocycles. The van der Waals surface area contributed by atoms with Crippen molar-refractivity contribution in [1.29, 1.82) is 0 Å². The number of halogens is 1. The zero-order valence-electron chi connectivity index (χ0n) is 15.9. The van der Waals surface area contributed by atoms with Gasteiger partial charge in [0.2, 0.25) is 0 Å². The summed E-state index contributed by atoms with van der Waals surface area (Å²) >= 11 is 1.69. The summed E-state index contributed by atoms with van der Waals surface area (Å²) in [6.45, 7) is 8.31. The number of rotatable bonds is 8. The molecule has 0 fully saturated rings. The number of nitrogens with one attached hydrogen (secondary N) is 2. The predicted molar refractivity (Wildman–Crippen MR) is 121 cm³/mol. The molecule has 0 aliphatic carbocycles. The lowest BCUT2D eigenvalue weighted by molar-refractivity contribution is 0.0657. The molecule has 144 valence electrons. The van der Waals surface area contributed by atoms with Gasteiger partial charge >= 0.3 is 0 Å². The molecule has 0 unspecified atom stereocenters. The summed E-state index contributed by atoms with van der Waals surface area (Å²) in [5, 5.41) is 9.90. The van der Waals surface area contributed by atoms with E-state index in [4.69, 9.17) is 4.74 Å². The van der Waals surface area contributed by atoms with Crippen LogP contribution in [-0.2, 0) is 24.3 Å². The Hall–Kier alpha value is -1.19. The summed E-state index contributed by atoms with van der Waals surface area (Å²) < 4.78 is 5.66. The molecule has 5 nitrogen and oxygen atoms in total. The number of benzene rings is 1. The van der Waals surface area contributed by atoms with Crippen molar-refractivity contribution in [2.24, 2.45) is 4.99 Å². The van der Waals surface area contributed by atoms with Crippen LogP contribution in [0.25, 0.3) is 0 Å². The molecule has 1 aromatic heterocycles. The van der Waals surface area contributed by atoms with Crippen molar-refractivity contribution in [3.05, 3.63) is 51.5 Å². The van der Waals surface area contributed by atoms with E-state index in [0.29, 0.717) is 6.61 Å². The van der Waals surface area contributed by atoms with E-state index in [1.165, 1.54) is 11.1 Å². The van der Waals surface area contributed by atoms with Crippen LogP contribution in [0.3, 0.4) is 0 Å². The highest BCUT2D eigenvalue weighted by molar-refractivity contribution is 14.0. The van der Waals surface area contributed by atoms with Gasteiger partial charge in [-0.05, 0) is 31.9 Å². The first kappa shape index (κ1) is 22.9. The molecule has 0 amide bonds. The van der Waals surface area contributed by atoms with Crippen LogP contribution in [0.15, 0.2) is 34.6 Å². The molecule has 1 heterocycles. The molecule has 7 heteroatoms. The number of aryl methyl sites for hydroxylation is 1. The first-order valence-corrected chi connectivity index (χ1v) is 9.49. The number of aliphatic imine (C=N–C) groups is 1. The van der Waals surface area contributed by atoms with Crippen molar-refractivity contribution in [1.82, 2.24) is 15.6 Å². The molecule has 0 aliphatic rings. The molecule has 0 spiro atoms. The van der Waals surface area contributed by atoms with E-state index >= 15 is 0 Å². The van der Waals surface area contributed by atoms with Crippen LogP contribution in [0.1, 0.15) is 35.7 Å². The minimum atomic E-state index is 0. The zero-order chi connectivity index (χ0) is 18.1. The smallest absolute Gasteiger partial charge is 0.191 e. The lowest BCUT2D eigenvalue weighted by Gasteiger charge is -2.13. The number of aromatic nitrogens is 1. The van der Waals surface area contributed by atoms with Gasteiger partial charge < -0.3 is 15.4 Å². The van der Waals surface area contributed by atoms with Crippen LogP contribution >= 0.6 is 35.3 Å².